The first-order chi connectivity index (χ1) is 11.6. The third-order valence-corrected chi connectivity index (χ3v) is 6.78. The van der Waals surface area contributed by atoms with Crippen molar-refractivity contribution in [1.29, 1.82) is 0 Å². The average molecular weight is 359 g/mol. The fourth-order valence-electron chi connectivity index (χ4n) is 3.30. The van der Waals surface area contributed by atoms with Crippen molar-refractivity contribution >= 4 is 40.1 Å². The zero-order chi connectivity index (χ0) is 16.7. The highest BCUT2D eigenvalue weighted by Crippen LogP contribution is 2.47. The molecule has 124 valence electrons. The molecule has 0 aliphatic carbocycles. The van der Waals surface area contributed by atoms with E-state index in [4.69, 9.17) is 0 Å². The standard InChI is InChI=1S/C17H17N3O2S2/c1-17-8-7-15(21)20(17)13(10-23-17)16(22)18-14-9-12(19-24-14)11-5-3-2-4-6-11/h2-6,9,13H,7-8,10H2,1H3,(H,18,22)/t13-,17+/m0/s1. The van der Waals surface area contributed by atoms with E-state index in [2.05, 4.69) is 16.6 Å². The fourth-order valence-corrected chi connectivity index (χ4v) is 5.40. The second-order valence-corrected chi connectivity index (χ2v) is 8.50. The summed E-state index contributed by atoms with van der Waals surface area (Å²) < 4.78 is 4.40. The van der Waals surface area contributed by atoms with Crippen LogP contribution in [0.4, 0.5) is 5.00 Å². The van der Waals surface area contributed by atoms with E-state index in [1.165, 1.54) is 11.5 Å². The first kappa shape index (κ1) is 15.7. The number of nitrogens with zero attached hydrogens (tertiary/aromatic N) is 2. The number of carbonyl (C=O) groups is 2. The third-order valence-electron chi connectivity index (χ3n) is 4.57. The number of amides is 2. The molecule has 1 N–H and O–H groups in total. The molecule has 1 aromatic carbocycles. The van der Waals surface area contributed by atoms with Crippen molar-refractivity contribution in [3.63, 3.8) is 0 Å². The fraction of sp³-hybridized carbons (Fsp3) is 0.353. The van der Waals surface area contributed by atoms with Crippen LogP contribution in [0.2, 0.25) is 0 Å². The molecule has 2 amide bonds. The van der Waals surface area contributed by atoms with Crippen LogP contribution in [0.15, 0.2) is 36.4 Å². The number of fused-ring (bicyclic) bond motifs is 1. The molecule has 24 heavy (non-hydrogen) atoms. The molecule has 0 saturated carbocycles. The lowest BCUT2D eigenvalue weighted by Gasteiger charge is -2.29. The van der Waals surface area contributed by atoms with Crippen LogP contribution in [-0.2, 0) is 9.59 Å². The molecule has 2 aliphatic rings. The minimum absolute atomic E-state index is 0.0805. The van der Waals surface area contributed by atoms with E-state index in [9.17, 15) is 9.59 Å². The second-order valence-electron chi connectivity index (χ2n) is 6.20. The van der Waals surface area contributed by atoms with Gasteiger partial charge in [0.2, 0.25) is 11.8 Å². The van der Waals surface area contributed by atoms with Gasteiger partial charge in [0.15, 0.2) is 0 Å². The van der Waals surface area contributed by atoms with E-state index < -0.39 is 6.04 Å². The topological polar surface area (TPSA) is 62.3 Å². The lowest BCUT2D eigenvalue weighted by molar-refractivity contribution is -0.135. The van der Waals surface area contributed by atoms with Crippen molar-refractivity contribution in [3.05, 3.63) is 36.4 Å². The summed E-state index contributed by atoms with van der Waals surface area (Å²) in [7, 11) is 0. The first-order valence-electron chi connectivity index (χ1n) is 7.86. The molecule has 2 saturated heterocycles. The zero-order valence-corrected chi connectivity index (χ0v) is 14.8. The Bertz CT molecular complexity index is 792. The largest absolute Gasteiger partial charge is 0.315 e. The summed E-state index contributed by atoms with van der Waals surface area (Å²) in [5, 5.41) is 3.65. The van der Waals surface area contributed by atoms with Gasteiger partial charge in [-0.15, -0.1) is 11.8 Å². The molecule has 2 fully saturated rings. The molecule has 0 radical (unpaired) electrons. The molecule has 4 rings (SSSR count). The average Bonchev–Trinajstić information content (AvgIpc) is 3.25. The summed E-state index contributed by atoms with van der Waals surface area (Å²) in [6.45, 7) is 2.05. The Morgan fingerprint density at radius 2 is 2.17 bits per heavy atom. The Kier molecular flexibility index (Phi) is 3.85. The number of hydrogen-bond acceptors (Lipinski definition) is 5. The molecule has 1 aromatic heterocycles. The van der Waals surface area contributed by atoms with Gasteiger partial charge in [0.1, 0.15) is 11.0 Å². The van der Waals surface area contributed by atoms with E-state index in [1.807, 2.05) is 36.4 Å². The summed E-state index contributed by atoms with van der Waals surface area (Å²) >= 11 is 2.96. The van der Waals surface area contributed by atoms with Gasteiger partial charge in [-0.1, -0.05) is 30.3 Å². The Labute approximate surface area is 148 Å². The van der Waals surface area contributed by atoms with Crippen LogP contribution in [0.3, 0.4) is 0 Å². The van der Waals surface area contributed by atoms with Gasteiger partial charge in [-0.2, -0.15) is 4.37 Å². The number of aromatic nitrogens is 1. The molecular weight excluding hydrogens is 342 g/mol. The maximum absolute atomic E-state index is 12.7. The van der Waals surface area contributed by atoms with Crippen LogP contribution in [0.25, 0.3) is 11.3 Å². The highest BCUT2D eigenvalue weighted by molar-refractivity contribution is 8.01. The molecule has 0 spiro atoms. The van der Waals surface area contributed by atoms with Crippen LogP contribution in [0, 0.1) is 0 Å². The van der Waals surface area contributed by atoms with Gasteiger partial charge in [-0.3, -0.25) is 9.59 Å². The Morgan fingerprint density at radius 1 is 1.38 bits per heavy atom. The van der Waals surface area contributed by atoms with E-state index in [0.29, 0.717) is 17.2 Å². The molecule has 2 aliphatic heterocycles. The molecule has 0 unspecified atom stereocenters. The Morgan fingerprint density at radius 3 is 2.96 bits per heavy atom. The number of rotatable bonds is 3. The Balaban J connectivity index is 1.49. The normalized spacial score (nSPS) is 25.8. The first-order valence-corrected chi connectivity index (χ1v) is 9.62. The molecular formula is C17H17N3O2S2. The van der Waals surface area contributed by atoms with Crippen LogP contribution in [0.5, 0.6) is 0 Å². The van der Waals surface area contributed by atoms with Gasteiger partial charge in [0.25, 0.3) is 0 Å². The van der Waals surface area contributed by atoms with Crippen molar-refractivity contribution in [3.8, 4) is 11.3 Å². The quantitative estimate of drug-likeness (QED) is 0.914. The number of benzene rings is 1. The lowest BCUT2D eigenvalue weighted by Crippen LogP contribution is -2.47. The smallest absolute Gasteiger partial charge is 0.248 e. The van der Waals surface area contributed by atoms with Gasteiger partial charge in [0.05, 0.1) is 10.6 Å². The van der Waals surface area contributed by atoms with Crippen molar-refractivity contribution in [2.24, 2.45) is 0 Å². The second kappa shape index (κ2) is 5.89. The number of anilines is 1. The molecule has 2 atom stereocenters. The van der Waals surface area contributed by atoms with Crippen molar-refractivity contribution < 1.29 is 9.59 Å². The highest BCUT2D eigenvalue weighted by Gasteiger charge is 2.52. The van der Waals surface area contributed by atoms with Gasteiger partial charge in [-0.25, -0.2) is 0 Å². The van der Waals surface area contributed by atoms with Crippen LogP contribution in [0.1, 0.15) is 19.8 Å². The van der Waals surface area contributed by atoms with E-state index in [0.717, 1.165) is 17.7 Å². The maximum atomic E-state index is 12.7. The molecule has 7 heteroatoms. The molecule has 3 heterocycles. The van der Waals surface area contributed by atoms with E-state index in [-0.39, 0.29) is 16.7 Å². The predicted molar refractivity (Wildman–Crippen MR) is 96.9 cm³/mol. The van der Waals surface area contributed by atoms with Crippen molar-refractivity contribution in [2.45, 2.75) is 30.7 Å². The summed E-state index contributed by atoms with van der Waals surface area (Å²) in [4.78, 5) is 26.3. The van der Waals surface area contributed by atoms with Crippen molar-refractivity contribution in [2.75, 3.05) is 11.1 Å². The van der Waals surface area contributed by atoms with E-state index in [1.54, 1.807) is 16.7 Å². The number of carbonyl (C=O) groups excluding carboxylic acids is 2. The number of thioether (sulfide) groups is 1. The van der Waals surface area contributed by atoms with Crippen LogP contribution >= 0.6 is 23.3 Å². The highest BCUT2D eigenvalue weighted by atomic mass is 32.2. The number of nitrogens with one attached hydrogen (secondary N) is 1. The third kappa shape index (κ3) is 2.61. The minimum Gasteiger partial charge on any atom is -0.315 e. The molecule has 2 aromatic rings. The van der Waals surface area contributed by atoms with Crippen LogP contribution in [-0.4, -0.2) is 37.8 Å². The van der Waals surface area contributed by atoms with Crippen LogP contribution < -0.4 is 5.32 Å². The maximum Gasteiger partial charge on any atom is 0.248 e. The predicted octanol–water partition coefficient (Wildman–Crippen LogP) is 3.20. The monoisotopic (exact) mass is 359 g/mol. The zero-order valence-electron chi connectivity index (χ0n) is 13.2. The van der Waals surface area contributed by atoms with Gasteiger partial charge < -0.3 is 10.2 Å². The SMILES string of the molecule is C[C@@]12CCC(=O)N1[C@H](C(=O)Nc1cc(-c3ccccc3)ns1)CS2. The Hall–Kier alpha value is -1.86. The van der Waals surface area contributed by atoms with Gasteiger partial charge in [0, 0.05) is 23.8 Å². The summed E-state index contributed by atoms with van der Waals surface area (Å²) in [6, 6.07) is 11.3. The number of hydrogen-bond donors (Lipinski definition) is 1. The summed E-state index contributed by atoms with van der Waals surface area (Å²) in [5.74, 6) is 0.611. The molecule has 5 nitrogen and oxygen atoms in total. The summed E-state index contributed by atoms with van der Waals surface area (Å²) in [5.41, 5.74) is 1.87. The minimum atomic E-state index is -0.391. The van der Waals surface area contributed by atoms with Gasteiger partial charge >= 0.3 is 0 Å². The van der Waals surface area contributed by atoms with Crippen molar-refractivity contribution in [1.82, 2.24) is 9.27 Å². The molecule has 0 bridgehead atoms. The summed E-state index contributed by atoms with van der Waals surface area (Å²) in [6.07, 6.45) is 1.35. The van der Waals surface area contributed by atoms with Gasteiger partial charge in [-0.05, 0) is 24.9 Å². The van der Waals surface area contributed by atoms with E-state index >= 15 is 0 Å². The lowest BCUT2D eigenvalue weighted by atomic mass is 10.1.